The van der Waals surface area contributed by atoms with Crippen molar-refractivity contribution in [3.05, 3.63) is 23.6 Å². The molecule has 2 N–H and O–H groups in total. The van der Waals surface area contributed by atoms with Crippen LogP contribution in [-0.2, 0) is 4.74 Å². The van der Waals surface area contributed by atoms with Crippen molar-refractivity contribution in [3.63, 3.8) is 0 Å². The van der Waals surface area contributed by atoms with Crippen molar-refractivity contribution in [2.45, 2.75) is 20.3 Å². The SMILES string of the molecule is CC/C(=C\C=C(/C)N1CCN=C1N)OC. The van der Waals surface area contributed by atoms with E-state index in [9.17, 15) is 0 Å². The van der Waals surface area contributed by atoms with Crippen LogP contribution in [0.5, 0.6) is 0 Å². The minimum absolute atomic E-state index is 0.604. The standard InChI is InChI=1S/C11H19N3O/c1-4-10(15-3)6-5-9(2)14-8-7-13-11(14)12/h5-6H,4,7-8H2,1-3H3,(H2,12,13)/b9-5+,10-6+. The highest BCUT2D eigenvalue weighted by Crippen LogP contribution is 2.09. The fraction of sp³-hybridized carbons (Fsp3) is 0.545. The second kappa shape index (κ2) is 5.44. The van der Waals surface area contributed by atoms with Gasteiger partial charge in [-0.1, -0.05) is 6.92 Å². The summed E-state index contributed by atoms with van der Waals surface area (Å²) in [6.45, 7) is 5.74. The van der Waals surface area contributed by atoms with Gasteiger partial charge >= 0.3 is 0 Å². The third-order valence-electron chi connectivity index (χ3n) is 2.42. The maximum absolute atomic E-state index is 5.73. The molecule has 1 aliphatic heterocycles. The number of hydrogen-bond acceptors (Lipinski definition) is 4. The summed E-state index contributed by atoms with van der Waals surface area (Å²) >= 11 is 0. The first-order chi connectivity index (χ1) is 7.19. The Morgan fingerprint density at radius 3 is 2.80 bits per heavy atom. The second-order valence-corrected chi connectivity index (χ2v) is 3.39. The van der Waals surface area contributed by atoms with Gasteiger partial charge in [0.1, 0.15) is 0 Å². The zero-order chi connectivity index (χ0) is 11.3. The predicted molar refractivity (Wildman–Crippen MR) is 62.3 cm³/mol. The zero-order valence-electron chi connectivity index (χ0n) is 9.66. The molecule has 4 heteroatoms. The van der Waals surface area contributed by atoms with Gasteiger partial charge in [0.25, 0.3) is 0 Å². The lowest BCUT2D eigenvalue weighted by Crippen LogP contribution is -2.32. The zero-order valence-corrected chi connectivity index (χ0v) is 9.66. The largest absolute Gasteiger partial charge is 0.501 e. The third kappa shape index (κ3) is 3.01. The quantitative estimate of drug-likeness (QED) is 0.563. The molecule has 0 spiro atoms. The predicted octanol–water partition coefficient (Wildman–Crippen LogP) is 1.46. The van der Waals surface area contributed by atoms with E-state index >= 15 is 0 Å². The normalized spacial score (nSPS) is 18.1. The van der Waals surface area contributed by atoms with Crippen LogP contribution in [0.25, 0.3) is 0 Å². The lowest BCUT2D eigenvalue weighted by molar-refractivity contribution is 0.280. The number of aliphatic imine (C=N–C) groups is 1. The molecule has 0 amide bonds. The number of allylic oxidation sites excluding steroid dienone is 4. The highest BCUT2D eigenvalue weighted by Gasteiger charge is 2.13. The van der Waals surface area contributed by atoms with Crippen molar-refractivity contribution in [3.8, 4) is 0 Å². The molecule has 1 rings (SSSR count). The van der Waals surface area contributed by atoms with E-state index in [-0.39, 0.29) is 0 Å². The molecule has 1 heterocycles. The van der Waals surface area contributed by atoms with Crippen molar-refractivity contribution in [1.82, 2.24) is 4.90 Å². The third-order valence-corrected chi connectivity index (χ3v) is 2.42. The summed E-state index contributed by atoms with van der Waals surface area (Å²) < 4.78 is 5.18. The summed E-state index contributed by atoms with van der Waals surface area (Å²) in [4.78, 5) is 6.13. The topological polar surface area (TPSA) is 50.8 Å². The molecule has 0 atom stereocenters. The molecule has 0 aliphatic carbocycles. The van der Waals surface area contributed by atoms with Gasteiger partial charge in [0.05, 0.1) is 19.4 Å². The van der Waals surface area contributed by atoms with Gasteiger partial charge in [0, 0.05) is 18.7 Å². The maximum Gasteiger partial charge on any atom is 0.195 e. The Hall–Kier alpha value is -1.45. The molecule has 0 bridgehead atoms. The van der Waals surface area contributed by atoms with E-state index < -0.39 is 0 Å². The number of methoxy groups -OCH3 is 1. The molecule has 0 aromatic carbocycles. The highest BCUT2D eigenvalue weighted by molar-refractivity contribution is 5.81. The number of guanidine groups is 1. The van der Waals surface area contributed by atoms with Crippen molar-refractivity contribution < 1.29 is 4.74 Å². The number of ether oxygens (including phenoxy) is 1. The van der Waals surface area contributed by atoms with E-state index in [4.69, 9.17) is 10.5 Å². The van der Waals surface area contributed by atoms with E-state index in [1.165, 1.54) is 0 Å². The van der Waals surface area contributed by atoms with Crippen molar-refractivity contribution in [2.75, 3.05) is 20.2 Å². The van der Waals surface area contributed by atoms with E-state index in [0.717, 1.165) is 31.0 Å². The minimum atomic E-state index is 0.604. The molecule has 0 saturated carbocycles. The van der Waals surface area contributed by atoms with Crippen molar-refractivity contribution in [1.29, 1.82) is 0 Å². The van der Waals surface area contributed by atoms with Gasteiger partial charge in [-0.2, -0.15) is 0 Å². The second-order valence-electron chi connectivity index (χ2n) is 3.39. The molecule has 0 unspecified atom stereocenters. The lowest BCUT2D eigenvalue weighted by atomic mass is 10.3. The van der Waals surface area contributed by atoms with E-state index in [2.05, 4.69) is 11.9 Å². The maximum atomic E-state index is 5.73. The number of rotatable bonds is 4. The summed E-state index contributed by atoms with van der Waals surface area (Å²) in [7, 11) is 1.68. The molecule has 0 saturated heterocycles. The van der Waals surface area contributed by atoms with E-state index in [1.807, 2.05) is 24.0 Å². The number of nitrogens with two attached hydrogens (primary N) is 1. The first-order valence-corrected chi connectivity index (χ1v) is 5.18. The van der Waals surface area contributed by atoms with Gasteiger partial charge < -0.3 is 15.4 Å². The molecule has 1 aliphatic rings. The Labute approximate surface area is 91.1 Å². The first kappa shape index (κ1) is 11.6. The molecule has 15 heavy (non-hydrogen) atoms. The van der Waals surface area contributed by atoms with Gasteiger partial charge in [0.2, 0.25) is 0 Å². The molecular weight excluding hydrogens is 190 g/mol. The van der Waals surface area contributed by atoms with Crippen LogP contribution in [0, 0.1) is 0 Å². The Balaban J connectivity index is 2.67. The molecule has 0 radical (unpaired) electrons. The Bertz CT molecular complexity index is 299. The van der Waals surface area contributed by atoms with Crippen LogP contribution in [-0.4, -0.2) is 31.1 Å². The Morgan fingerprint density at radius 1 is 1.60 bits per heavy atom. The summed E-state index contributed by atoms with van der Waals surface area (Å²) in [6, 6.07) is 0. The molecule has 0 aromatic rings. The van der Waals surface area contributed by atoms with E-state index in [1.54, 1.807) is 7.11 Å². The Morgan fingerprint density at radius 2 is 2.33 bits per heavy atom. The minimum Gasteiger partial charge on any atom is -0.501 e. The summed E-state index contributed by atoms with van der Waals surface area (Å²) in [5.41, 5.74) is 6.83. The molecule has 4 nitrogen and oxygen atoms in total. The van der Waals surface area contributed by atoms with Crippen LogP contribution in [0.3, 0.4) is 0 Å². The number of hydrogen-bond donors (Lipinski definition) is 1. The van der Waals surface area contributed by atoms with Crippen LogP contribution >= 0.6 is 0 Å². The van der Waals surface area contributed by atoms with Crippen LogP contribution in [0.2, 0.25) is 0 Å². The van der Waals surface area contributed by atoms with Gasteiger partial charge in [-0.3, -0.25) is 4.99 Å². The van der Waals surface area contributed by atoms with E-state index in [0.29, 0.717) is 5.96 Å². The van der Waals surface area contributed by atoms with Crippen LogP contribution in [0.1, 0.15) is 20.3 Å². The lowest BCUT2D eigenvalue weighted by Gasteiger charge is -2.17. The van der Waals surface area contributed by atoms with Crippen molar-refractivity contribution >= 4 is 5.96 Å². The van der Waals surface area contributed by atoms with Gasteiger partial charge in [-0.05, 0) is 19.1 Å². The van der Waals surface area contributed by atoms with Crippen LogP contribution in [0.15, 0.2) is 28.6 Å². The van der Waals surface area contributed by atoms with Crippen LogP contribution < -0.4 is 5.73 Å². The van der Waals surface area contributed by atoms with Gasteiger partial charge in [-0.15, -0.1) is 0 Å². The van der Waals surface area contributed by atoms with Crippen molar-refractivity contribution in [2.24, 2.45) is 10.7 Å². The monoisotopic (exact) mass is 209 g/mol. The molecular formula is C11H19N3O. The first-order valence-electron chi connectivity index (χ1n) is 5.18. The summed E-state index contributed by atoms with van der Waals surface area (Å²) in [6.07, 6.45) is 4.88. The number of nitrogens with zero attached hydrogens (tertiary/aromatic N) is 2. The highest BCUT2D eigenvalue weighted by atomic mass is 16.5. The molecule has 0 aromatic heterocycles. The molecule has 0 fully saturated rings. The fourth-order valence-electron chi connectivity index (χ4n) is 1.46. The van der Waals surface area contributed by atoms with Gasteiger partial charge in [-0.25, -0.2) is 0 Å². The summed E-state index contributed by atoms with van der Waals surface area (Å²) in [5.74, 6) is 1.57. The van der Waals surface area contributed by atoms with Crippen LogP contribution in [0.4, 0.5) is 0 Å². The Kier molecular flexibility index (Phi) is 4.21. The summed E-state index contributed by atoms with van der Waals surface area (Å²) in [5, 5.41) is 0. The average Bonchev–Trinajstić information content (AvgIpc) is 2.66. The smallest absolute Gasteiger partial charge is 0.195 e. The van der Waals surface area contributed by atoms with Gasteiger partial charge in [0.15, 0.2) is 5.96 Å². The fourth-order valence-corrected chi connectivity index (χ4v) is 1.46. The average molecular weight is 209 g/mol. The molecule has 84 valence electrons.